The van der Waals surface area contributed by atoms with Gasteiger partial charge in [-0.1, -0.05) is 6.07 Å². The van der Waals surface area contributed by atoms with Crippen molar-refractivity contribution in [3.63, 3.8) is 0 Å². The van der Waals surface area contributed by atoms with Crippen molar-refractivity contribution >= 4 is 5.91 Å². The molecule has 0 spiro atoms. The molecule has 2 aromatic rings. The first-order valence-electron chi connectivity index (χ1n) is 10.6. The number of fused-ring (bicyclic) bond motifs is 3. The fourth-order valence-corrected chi connectivity index (χ4v) is 5.05. The van der Waals surface area contributed by atoms with Crippen LogP contribution in [0.3, 0.4) is 0 Å². The van der Waals surface area contributed by atoms with Gasteiger partial charge in [-0.15, -0.1) is 0 Å². The molecule has 2 fully saturated rings. The van der Waals surface area contributed by atoms with Gasteiger partial charge in [0.05, 0.1) is 5.56 Å². The molecule has 9 heteroatoms. The van der Waals surface area contributed by atoms with E-state index in [-0.39, 0.29) is 30.5 Å². The van der Waals surface area contributed by atoms with Crippen LogP contribution in [0.1, 0.15) is 47.2 Å². The number of rotatable bonds is 4. The molecule has 1 amide bonds. The van der Waals surface area contributed by atoms with Crippen LogP contribution in [-0.4, -0.2) is 35.7 Å². The maximum atomic E-state index is 13.5. The number of halogens is 4. The molecule has 2 atom stereocenters. The lowest BCUT2D eigenvalue weighted by atomic mass is 9.96. The lowest BCUT2D eigenvalue weighted by molar-refractivity contribution is -0.140. The SMILES string of the molecule is O=C(NC1CC2CCC(C1)N2Cc1ccc2c(c1)OCO2)c1ccc(F)c(C(F)(F)F)c1. The van der Waals surface area contributed by atoms with Gasteiger partial charge in [0, 0.05) is 30.2 Å². The molecule has 170 valence electrons. The quantitative estimate of drug-likeness (QED) is 0.697. The molecule has 3 aliphatic rings. The highest BCUT2D eigenvalue weighted by atomic mass is 19.4. The van der Waals surface area contributed by atoms with E-state index in [1.807, 2.05) is 18.2 Å². The first kappa shape index (κ1) is 21.1. The van der Waals surface area contributed by atoms with Crippen molar-refractivity contribution < 1.29 is 31.8 Å². The second kappa shape index (κ2) is 7.95. The lowest BCUT2D eigenvalue weighted by Crippen LogP contribution is -2.50. The number of piperidine rings is 1. The summed E-state index contributed by atoms with van der Waals surface area (Å²) >= 11 is 0. The van der Waals surface area contributed by atoms with Crippen molar-refractivity contribution in [1.29, 1.82) is 0 Å². The normalized spacial score (nSPS) is 24.6. The summed E-state index contributed by atoms with van der Waals surface area (Å²) in [5.74, 6) is -0.504. The average molecular weight is 450 g/mol. The van der Waals surface area contributed by atoms with Gasteiger partial charge < -0.3 is 14.8 Å². The zero-order valence-corrected chi connectivity index (χ0v) is 17.1. The third-order valence-corrected chi connectivity index (χ3v) is 6.56. The van der Waals surface area contributed by atoms with Gasteiger partial charge in [0.15, 0.2) is 11.5 Å². The van der Waals surface area contributed by atoms with Gasteiger partial charge in [-0.25, -0.2) is 4.39 Å². The summed E-state index contributed by atoms with van der Waals surface area (Å²) in [6.45, 7) is 0.993. The number of ether oxygens (including phenoxy) is 2. The van der Waals surface area contributed by atoms with Crippen LogP contribution in [-0.2, 0) is 12.7 Å². The molecular formula is C23H22F4N2O3. The minimum absolute atomic E-state index is 0.132. The molecule has 3 aliphatic heterocycles. The molecule has 0 radical (unpaired) electrons. The number of nitrogens with zero attached hydrogens (tertiary/aromatic N) is 1. The van der Waals surface area contributed by atoms with Gasteiger partial charge in [0.2, 0.25) is 6.79 Å². The predicted molar refractivity (Wildman–Crippen MR) is 107 cm³/mol. The fourth-order valence-electron chi connectivity index (χ4n) is 5.05. The molecule has 2 bridgehead atoms. The zero-order valence-electron chi connectivity index (χ0n) is 17.1. The van der Waals surface area contributed by atoms with Crippen molar-refractivity contribution in [3.05, 3.63) is 58.9 Å². The van der Waals surface area contributed by atoms with Crippen molar-refractivity contribution in [2.24, 2.45) is 0 Å². The van der Waals surface area contributed by atoms with Crippen LogP contribution in [0.25, 0.3) is 0 Å². The van der Waals surface area contributed by atoms with Gasteiger partial charge in [0.25, 0.3) is 5.91 Å². The van der Waals surface area contributed by atoms with E-state index in [1.54, 1.807) is 0 Å². The zero-order chi connectivity index (χ0) is 22.5. The maximum Gasteiger partial charge on any atom is 0.419 e. The number of carbonyl (C=O) groups excluding carboxylic acids is 1. The van der Waals surface area contributed by atoms with E-state index in [0.29, 0.717) is 12.1 Å². The van der Waals surface area contributed by atoms with Crippen LogP contribution in [0.15, 0.2) is 36.4 Å². The van der Waals surface area contributed by atoms with Gasteiger partial charge >= 0.3 is 6.18 Å². The van der Waals surface area contributed by atoms with E-state index in [4.69, 9.17) is 9.47 Å². The molecule has 0 aromatic heterocycles. The van der Waals surface area contributed by atoms with Crippen molar-refractivity contribution in [3.8, 4) is 11.5 Å². The third kappa shape index (κ3) is 4.01. The van der Waals surface area contributed by atoms with E-state index in [0.717, 1.165) is 55.4 Å². The van der Waals surface area contributed by atoms with Crippen LogP contribution in [0.2, 0.25) is 0 Å². The Morgan fingerprint density at radius 2 is 1.75 bits per heavy atom. The first-order valence-corrected chi connectivity index (χ1v) is 10.6. The van der Waals surface area contributed by atoms with Crippen molar-refractivity contribution in [1.82, 2.24) is 10.2 Å². The van der Waals surface area contributed by atoms with Crippen LogP contribution in [0.4, 0.5) is 17.6 Å². The van der Waals surface area contributed by atoms with Crippen LogP contribution < -0.4 is 14.8 Å². The average Bonchev–Trinajstić information content (AvgIpc) is 3.29. The number of carbonyl (C=O) groups is 1. The molecule has 0 saturated carbocycles. The second-order valence-electron chi connectivity index (χ2n) is 8.58. The van der Waals surface area contributed by atoms with E-state index in [1.165, 1.54) is 0 Å². The van der Waals surface area contributed by atoms with E-state index >= 15 is 0 Å². The summed E-state index contributed by atoms with van der Waals surface area (Å²) in [7, 11) is 0. The Kier molecular flexibility index (Phi) is 5.23. The predicted octanol–water partition coefficient (Wildman–Crippen LogP) is 4.50. The molecule has 3 heterocycles. The molecule has 5 rings (SSSR count). The fraction of sp³-hybridized carbons (Fsp3) is 0.435. The van der Waals surface area contributed by atoms with Crippen LogP contribution in [0, 0.1) is 5.82 Å². The summed E-state index contributed by atoms with van der Waals surface area (Å²) in [4.78, 5) is 15.0. The number of nitrogens with one attached hydrogen (secondary N) is 1. The Morgan fingerprint density at radius 3 is 2.47 bits per heavy atom. The standard InChI is InChI=1S/C23H22F4N2O3/c24-19-5-2-14(8-18(19)23(25,26)27)22(30)28-15-9-16-3-4-17(10-15)29(16)11-13-1-6-20-21(7-13)32-12-31-20/h1-2,5-8,15-17H,3-4,9-12H2,(H,28,30). The molecular weight excluding hydrogens is 428 g/mol. The van der Waals surface area contributed by atoms with Crippen molar-refractivity contribution in [2.45, 2.75) is 56.5 Å². The second-order valence-corrected chi connectivity index (χ2v) is 8.58. The monoisotopic (exact) mass is 450 g/mol. The molecule has 2 aromatic carbocycles. The number of alkyl halides is 3. The summed E-state index contributed by atoms with van der Waals surface area (Å²) in [5.41, 5.74) is -0.489. The molecule has 32 heavy (non-hydrogen) atoms. The number of benzene rings is 2. The third-order valence-electron chi connectivity index (χ3n) is 6.56. The highest BCUT2D eigenvalue weighted by molar-refractivity contribution is 5.94. The Bertz CT molecular complexity index is 1030. The number of hydrogen-bond acceptors (Lipinski definition) is 4. The topological polar surface area (TPSA) is 50.8 Å². The molecule has 0 aliphatic carbocycles. The molecule has 2 saturated heterocycles. The minimum Gasteiger partial charge on any atom is -0.454 e. The van der Waals surface area contributed by atoms with Gasteiger partial charge in [-0.3, -0.25) is 9.69 Å². The van der Waals surface area contributed by atoms with Crippen LogP contribution in [0.5, 0.6) is 11.5 Å². The summed E-state index contributed by atoms with van der Waals surface area (Å²) in [6, 6.07) is 8.70. The maximum absolute atomic E-state index is 13.5. The Hall–Kier alpha value is -2.81. The summed E-state index contributed by atoms with van der Waals surface area (Å²) < 4.78 is 63.2. The highest BCUT2D eigenvalue weighted by Gasteiger charge is 2.41. The first-order chi connectivity index (χ1) is 15.3. The Labute approximate surface area is 182 Å². The van der Waals surface area contributed by atoms with E-state index in [9.17, 15) is 22.4 Å². The largest absolute Gasteiger partial charge is 0.454 e. The highest BCUT2D eigenvalue weighted by Crippen LogP contribution is 2.39. The lowest BCUT2D eigenvalue weighted by Gasteiger charge is -2.39. The van der Waals surface area contributed by atoms with Crippen LogP contribution >= 0.6 is 0 Å². The number of amides is 1. The molecule has 2 unspecified atom stereocenters. The van der Waals surface area contributed by atoms with E-state index < -0.39 is 23.5 Å². The van der Waals surface area contributed by atoms with Gasteiger partial charge in [0.1, 0.15) is 5.82 Å². The van der Waals surface area contributed by atoms with E-state index in [2.05, 4.69) is 10.2 Å². The Balaban J connectivity index is 1.24. The smallest absolute Gasteiger partial charge is 0.419 e. The Morgan fingerprint density at radius 1 is 1.03 bits per heavy atom. The van der Waals surface area contributed by atoms with Crippen molar-refractivity contribution in [2.75, 3.05) is 6.79 Å². The molecule has 5 nitrogen and oxygen atoms in total. The van der Waals surface area contributed by atoms with Gasteiger partial charge in [-0.05, 0) is 61.6 Å². The van der Waals surface area contributed by atoms with Gasteiger partial charge in [-0.2, -0.15) is 13.2 Å². The minimum atomic E-state index is -4.85. The number of hydrogen-bond donors (Lipinski definition) is 1. The molecule has 1 N–H and O–H groups in total. The summed E-state index contributed by atoms with van der Waals surface area (Å²) in [5, 5.41) is 2.86. The summed E-state index contributed by atoms with van der Waals surface area (Å²) in [6.07, 6.45) is -1.38.